The van der Waals surface area contributed by atoms with Crippen molar-refractivity contribution in [3.8, 4) is 0 Å². The van der Waals surface area contributed by atoms with Gasteiger partial charge >= 0.3 is 0 Å². The van der Waals surface area contributed by atoms with Crippen molar-refractivity contribution in [1.29, 1.82) is 0 Å². The van der Waals surface area contributed by atoms with Crippen molar-refractivity contribution in [2.24, 2.45) is 5.92 Å². The topological polar surface area (TPSA) is 49.4 Å². The monoisotopic (exact) mass is 398 g/mol. The van der Waals surface area contributed by atoms with E-state index in [9.17, 15) is 12.8 Å². The van der Waals surface area contributed by atoms with Gasteiger partial charge in [-0.2, -0.15) is 4.31 Å². The minimum atomic E-state index is -3.60. The molecule has 3 rings (SSSR count). The van der Waals surface area contributed by atoms with Crippen LogP contribution in [0.3, 0.4) is 0 Å². The Morgan fingerprint density at radius 1 is 1.33 bits per heavy atom. The minimum Gasteiger partial charge on any atom is -0.314 e. The maximum absolute atomic E-state index is 13.6. The van der Waals surface area contributed by atoms with Crippen LogP contribution in [0.25, 0.3) is 0 Å². The van der Waals surface area contributed by atoms with Crippen LogP contribution < -0.4 is 5.32 Å². The standard InChI is InChI=1S/C13H16BrFN2O2S.ClH/c14-11-2-1-10(7-12(11)15)20(18,19)17-6-4-13-9(8-17)3-5-16-13;/h1-2,7,9,13,16H,3-6,8H2;1H. The summed E-state index contributed by atoms with van der Waals surface area (Å²) in [5.74, 6) is -0.178. The second kappa shape index (κ2) is 6.50. The van der Waals surface area contributed by atoms with Crippen LogP contribution >= 0.6 is 28.3 Å². The second-order valence-corrected chi connectivity index (χ2v) is 8.13. The lowest BCUT2D eigenvalue weighted by Gasteiger charge is -2.34. The van der Waals surface area contributed by atoms with Crippen LogP contribution in [0.2, 0.25) is 0 Å². The molecule has 0 spiro atoms. The predicted octanol–water partition coefficient (Wildman–Crippen LogP) is 2.38. The summed E-state index contributed by atoms with van der Waals surface area (Å²) in [4.78, 5) is 0.0302. The zero-order chi connectivity index (χ0) is 14.3. The Labute approximate surface area is 138 Å². The Morgan fingerprint density at radius 3 is 2.81 bits per heavy atom. The van der Waals surface area contributed by atoms with E-state index in [-0.39, 0.29) is 21.8 Å². The molecule has 2 atom stereocenters. The van der Waals surface area contributed by atoms with Crippen molar-refractivity contribution in [1.82, 2.24) is 9.62 Å². The highest BCUT2D eigenvalue weighted by atomic mass is 79.9. The van der Waals surface area contributed by atoms with E-state index >= 15 is 0 Å². The molecule has 118 valence electrons. The van der Waals surface area contributed by atoms with E-state index in [0.29, 0.717) is 25.0 Å². The molecule has 1 aromatic carbocycles. The molecule has 0 amide bonds. The van der Waals surface area contributed by atoms with Crippen LogP contribution in [0.15, 0.2) is 27.6 Å². The average Bonchev–Trinajstić information content (AvgIpc) is 2.89. The summed E-state index contributed by atoms with van der Waals surface area (Å²) >= 11 is 3.04. The number of nitrogens with zero attached hydrogens (tertiary/aromatic N) is 1. The first-order valence-corrected chi connectivity index (χ1v) is 8.90. The number of piperidine rings is 1. The number of rotatable bonds is 2. The summed E-state index contributed by atoms with van der Waals surface area (Å²) in [7, 11) is -3.60. The average molecular weight is 400 g/mol. The fourth-order valence-corrected chi connectivity index (χ4v) is 4.79. The first-order valence-electron chi connectivity index (χ1n) is 6.67. The predicted molar refractivity (Wildman–Crippen MR) is 84.6 cm³/mol. The van der Waals surface area contributed by atoms with E-state index in [1.54, 1.807) is 0 Å². The molecular weight excluding hydrogens is 383 g/mol. The zero-order valence-corrected chi connectivity index (χ0v) is 14.5. The quantitative estimate of drug-likeness (QED) is 0.831. The Balaban J connectivity index is 0.00000161. The van der Waals surface area contributed by atoms with Crippen LogP contribution in [-0.2, 0) is 10.0 Å². The van der Waals surface area contributed by atoms with Crippen molar-refractivity contribution in [3.63, 3.8) is 0 Å². The number of hydrogen-bond acceptors (Lipinski definition) is 3. The number of sulfonamides is 1. The smallest absolute Gasteiger partial charge is 0.243 e. The third-order valence-electron chi connectivity index (χ3n) is 4.15. The van der Waals surface area contributed by atoms with E-state index in [2.05, 4.69) is 21.2 Å². The molecule has 2 aliphatic heterocycles. The number of nitrogens with one attached hydrogen (secondary N) is 1. The van der Waals surface area contributed by atoms with E-state index in [1.807, 2.05) is 0 Å². The third-order valence-corrected chi connectivity index (χ3v) is 6.65. The highest BCUT2D eigenvalue weighted by molar-refractivity contribution is 9.10. The first kappa shape index (κ1) is 17.1. The van der Waals surface area contributed by atoms with Crippen molar-refractivity contribution in [2.75, 3.05) is 19.6 Å². The van der Waals surface area contributed by atoms with Gasteiger partial charge in [0.25, 0.3) is 0 Å². The summed E-state index contributed by atoms with van der Waals surface area (Å²) in [5.41, 5.74) is 0. The molecule has 21 heavy (non-hydrogen) atoms. The van der Waals surface area contributed by atoms with E-state index in [0.717, 1.165) is 25.5 Å². The van der Waals surface area contributed by atoms with Crippen molar-refractivity contribution in [3.05, 3.63) is 28.5 Å². The van der Waals surface area contributed by atoms with Gasteiger partial charge in [-0.25, -0.2) is 12.8 Å². The first-order chi connectivity index (χ1) is 9.48. The number of halogens is 3. The fraction of sp³-hybridized carbons (Fsp3) is 0.538. The van der Waals surface area contributed by atoms with Crippen LogP contribution in [-0.4, -0.2) is 38.4 Å². The van der Waals surface area contributed by atoms with Crippen LogP contribution in [0.5, 0.6) is 0 Å². The molecule has 0 bridgehead atoms. The summed E-state index contributed by atoms with van der Waals surface area (Å²) in [5, 5.41) is 3.40. The summed E-state index contributed by atoms with van der Waals surface area (Å²) in [6, 6.07) is 4.40. The number of fused-ring (bicyclic) bond motifs is 1. The highest BCUT2D eigenvalue weighted by Gasteiger charge is 2.37. The molecule has 4 nitrogen and oxygen atoms in total. The molecule has 2 heterocycles. The van der Waals surface area contributed by atoms with Crippen LogP contribution in [0, 0.1) is 11.7 Å². The highest BCUT2D eigenvalue weighted by Crippen LogP contribution is 2.29. The molecule has 0 radical (unpaired) electrons. The summed E-state index contributed by atoms with van der Waals surface area (Å²) in [6.07, 6.45) is 1.83. The molecule has 1 N–H and O–H groups in total. The maximum atomic E-state index is 13.6. The Morgan fingerprint density at radius 2 is 2.10 bits per heavy atom. The second-order valence-electron chi connectivity index (χ2n) is 5.34. The molecule has 2 unspecified atom stereocenters. The van der Waals surface area contributed by atoms with Gasteiger partial charge in [0.15, 0.2) is 0 Å². The SMILES string of the molecule is Cl.O=S(=O)(c1ccc(Br)c(F)c1)N1CCC2NCCC2C1. The minimum absolute atomic E-state index is 0. The largest absolute Gasteiger partial charge is 0.314 e. The Bertz CT molecular complexity index is 629. The molecule has 1 aromatic rings. The lowest BCUT2D eigenvalue weighted by Crippen LogP contribution is -2.46. The summed E-state index contributed by atoms with van der Waals surface area (Å²) < 4.78 is 40.4. The van der Waals surface area contributed by atoms with Gasteiger partial charge in [0.1, 0.15) is 5.82 Å². The molecular formula is C13H17BrClFN2O2S. The zero-order valence-electron chi connectivity index (χ0n) is 11.3. The number of benzene rings is 1. The maximum Gasteiger partial charge on any atom is 0.243 e. The normalized spacial score (nSPS) is 26.2. The van der Waals surface area contributed by atoms with Gasteiger partial charge in [-0.15, -0.1) is 12.4 Å². The Hall–Kier alpha value is -0.210. The van der Waals surface area contributed by atoms with Gasteiger partial charge in [0, 0.05) is 19.1 Å². The molecule has 0 aromatic heterocycles. The van der Waals surface area contributed by atoms with Crippen molar-refractivity contribution >= 4 is 38.4 Å². The van der Waals surface area contributed by atoms with Gasteiger partial charge in [-0.05, 0) is 59.4 Å². The van der Waals surface area contributed by atoms with E-state index in [4.69, 9.17) is 0 Å². The Kier molecular flexibility index (Phi) is 5.31. The van der Waals surface area contributed by atoms with Gasteiger partial charge in [0.2, 0.25) is 10.0 Å². The molecule has 0 aliphatic carbocycles. The van der Waals surface area contributed by atoms with E-state index in [1.165, 1.54) is 16.4 Å². The molecule has 2 aliphatic rings. The summed E-state index contributed by atoms with van der Waals surface area (Å²) in [6.45, 7) is 1.97. The lowest BCUT2D eigenvalue weighted by molar-refractivity contribution is 0.247. The third kappa shape index (κ3) is 3.27. The van der Waals surface area contributed by atoms with Gasteiger partial charge in [-0.1, -0.05) is 0 Å². The van der Waals surface area contributed by atoms with Crippen molar-refractivity contribution in [2.45, 2.75) is 23.8 Å². The molecule has 2 saturated heterocycles. The van der Waals surface area contributed by atoms with Gasteiger partial charge < -0.3 is 5.32 Å². The molecule has 2 fully saturated rings. The van der Waals surface area contributed by atoms with E-state index < -0.39 is 15.8 Å². The fourth-order valence-electron chi connectivity index (χ4n) is 3.02. The molecule has 8 heteroatoms. The van der Waals surface area contributed by atoms with Crippen LogP contribution in [0.4, 0.5) is 4.39 Å². The molecule has 0 saturated carbocycles. The van der Waals surface area contributed by atoms with Crippen LogP contribution in [0.1, 0.15) is 12.8 Å². The lowest BCUT2D eigenvalue weighted by atomic mass is 9.95. The van der Waals surface area contributed by atoms with Gasteiger partial charge in [-0.3, -0.25) is 0 Å². The number of hydrogen-bond donors (Lipinski definition) is 1. The van der Waals surface area contributed by atoms with Gasteiger partial charge in [0.05, 0.1) is 9.37 Å². The van der Waals surface area contributed by atoms with Crippen molar-refractivity contribution < 1.29 is 12.8 Å².